The molecule has 1 atom stereocenters. The summed E-state index contributed by atoms with van der Waals surface area (Å²) < 4.78 is 0. The molecular formula is C13H21N3O. The molecule has 94 valence electrons. The highest BCUT2D eigenvalue weighted by molar-refractivity contribution is 5.30. The van der Waals surface area contributed by atoms with Crippen molar-refractivity contribution in [2.75, 3.05) is 32.8 Å². The van der Waals surface area contributed by atoms with Gasteiger partial charge in [0.15, 0.2) is 0 Å². The molecule has 1 heterocycles. The van der Waals surface area contributed by atoms with Crippen LogP contribution in [0.25, 0.3) is 0 Å². The van der Waals surface area contributed by atoms with E-state index < -0.39 is 0 Å². The first kappa shape index (κ1) is 12.5. The summed E-state index contributed by atoms with van der Waals surface area (Å²) in [7, 11) is 0. The zero-order valence-corrected chi connectivity index (χ0v) is 10.1. The molecule has 0 radical (unpaired) electrons. The van der Waals surface area contributed by atoms with Gasteiger partial charge in [-0.3, -0.25) is 4.90 Å². The van der Waals surface area contributed by atoms with Gasteiger partial charge in [-0.15, -0.1) is 0 Å². The van der Waals surface area contributed by atoms with Crippen LogP contribution in [0.2, 0.25) is 0 Å². The largest absolute Gasteiger partial charge is 0.394 e. The van der Waals surface area contributed by atoms with E-state index in [4.69, 9.17) is 10.8 Å². The molecule has 0 saturated carbocycles. The fourth-order valence-electron chi connectivity index (χ4n) is 2.25. The number of nitrogens with two attached hydrogens (primary N) is 1. The van der Waals surface area contributed by atoms with Crippen LogP contribution >= 0.6 is 0 Å². The molecule has 4 heteroatoms. The van der Waals surface area contributed by atoms with Crippen LogP contribution in [0.1, 0.15) is 17.2 Å². The van der Waals surface area contributed by atoms with Crippen LogP contribution in [0.15, 0.2) is 24.3 Å². The molecule has 0 unspecified atom stereocenters. The molecule has 4 nitrogen and oxygen atoms in total. The summed E-state index contributed by atoms with van der Waals surface area (Å²) in [4.78, 5) is 2.42. The van der Waals surface area contributed by atoms with Crippen LogP contribution in [0.3, 0.4) is 0 Å². The maximum absolute atomic E-state index is 9.17. The smallest absolute Gasteiger partial charge is 0.0624 e. The standard InChI is InChI=1S/C13H21N3O/c14-13(10-17)12-4-2-1-3-11(12)9-16-7-5-15-6-8-16/h1-4,13,15,17H,5-10,14H2/t13-/m0/s1. The van der Waals surface area contributed by atoms with Gasteiger partial charge in [-0.25, -0.2) is 0 Å². The van der Waals surface area contributed by atoms with E-state index in [2.05, 4.69) is 16.3 Å². The van der Waals surface area contributed by atoms with Gasteiger partial charge in [0.1, 0.15) is 0 Å². The quantitative estimate of drug-likeness (QED) is 0.692. The van der Waals surface area contributed by atoms with Crippen LogP contribution in [0.4, 0.5) is 0 Å². The second-order valence-corrected chi connectivity index (χ2v) is 4.51. The molecule has 1 aromatic carbocycles. The number of nitrogens with zero attached hydrogens (tertiary/aromatic N) is 1. The van der Waals surface area contributed by atoms with Crippen LogP contribution in [-0.4, -0.2) is 42.8 Å². The molecule has 0 aromatic heterocycles. The van der Waals surface area contributed by atoms with Crippen molar-refractivity contribution >= 4 is 0 Å². The summed E-state index contributed by atoms with van der Waals surface area (Å²) in [5.41, 5.74) is 8.22. The Balaban J connectivity index is 2.08. The van der Waals surface area contributed by atoms with E-state index >= 15 is 0 Å². The van der Waals surface area contributed by atoms with E-state index in [0.29, 0.717) is 0 Å². The van der Waals surface area contributed by atoms with Crippen LogP contribution in [-0.2, 0) is 6.54 Å². The molecule has 1 saturated heterocycles. The van der Waals surface area contributed by atoms with Crippen molar-refractivity contribution in [3.8, 4) is 0 Å². The van der Waals surface area contributed by atoms with Crippen molar-refractivity contribution in [2.45, 2.75) is 12.6 Å². The number of piperazine rings is 1. The number of aliphatic hydroxyl groups is 1. The number of hydrogen-bond donors (Lipinski definition) is 3. The van der Waals surface area contributed by atoms with Crippen LogP contribution in [0, 0.1) is 0 Å². The van der Waals surface area contributed by atoms with E-state index in [1.807, 2.05) is 18.2 Å². The lowest BCUT2D eigenvalue weighted by atomic mass is 10.0. The van der Waals surface area contributed by atoms with Crippen molar-refractivity contribution in [1.82, 2.24) is 10.2 Å². The Bertz CT molecular complexity index is 350. The predicted octanol–water partition coefficient (Wildman–Crippen LogP) is 0.0839. The Hall–Kier alpha value is -0.940. The number of hydrogen-bond acceptors (Lipinski definition) is 4. The van der Waals surface area contributed by atoms with Crippen molar-refractivity contribution < 1.29 is 5.11 Å². The second kappa shape index (κ2) is 6.12. The van der Waals surface area contributed by atoms with E-state index in [9.17, 15) is 0 Å². The van der Waals surface area contributed by atoms with Gasteiger partial charge in [0.05, 0.1) is 12.6 Å². The van der Waals surface area contributed by atoms with Gasteiger partial charge in [0.2, 0.25) is 0 Å². The number of aliphatic hydroxyl groups excluding tert-OH is 1. The second-order valence-electron chi connectivity index (χ2n) is 4.51. The Morgan fingerprint density at radius 1 is 1.29 bits per heavy atom. The first-order chi connectivity index (χ1) is 8.31. The topological polar surface area (TPSA) is 61.5 Å². The molecule has 17 heavy (non-hydrogen) atoms. The highest BCUT2D eigenvalue weighted by Gasteiger charge is 2.14. The summed E-state index contributed by atoms with van der Waals surface area (Å²) in [6.45, 7) is 5.16. The zero-order chi connectivity index (χ0) is 12.1. The summed E-state index contributed by atoms with van der Waals surface area (Å²) in [5, 5.41) is 12.5. The van der Waals surface area contributed by atoms with E-state index in [1.54, 1.807) is 0 Å². The van der Waals surface area contributed by atoms with E-state index in [1.165, 1.54) is 5.56 Å². The van der Waals surface area contributed by atoms with Gasteiger partial charge < -0.3 is 16.2 Å². The van der Waals surface area contributed by atoms with E-state index in [0.717, 1.165) is 38.3 Å². The Morgan fingerprint density at radius 3 is 2.71 bits per heavy atom. The Kier molecular flexibility index (Phi) is 4.50. The third-order valence-electron chi connectivity index (χ3n) is 3.25. The summed E-state index contributed by atoms with van der Waals surface area (Å²) in [6.07, 6.45) is 0. The molecule has 0 amide bonds. The zero-order valence-electron chi connectivity index (χ0n) is 10.1. The van der Waals surface area contributed by atoms with Gasteiger partial charge in [0.25, 0.3) is 0 Å². The van der Waals surface area contributed by atoms with Crippen molar-refractivity contribution in [1.29, 1.82) is 0 Å². The lowest BCUT2D eigenvalue weighted by Gasteiger charge is -2.28. The van der Waals surface area contributed by atoms with Gasteiger partial charge in [-0.1, -0.05) is 24.3 Å². The Morgan fingerprint density at radius 2 is 2.00 bits per heavy atom. The summed E-state index contributed by atoms with van der Waals surface area (Å²) >= 11 is 0. The average molecular weight is 235 g/mol. The average Bonchev–Trinajstić information content (AvgIpc) is 2.40. The molecule has 0 spiro atoms. The van der Waals surface area contributed by atoms with Gasteiger partial charge in [-0.2, -0.15) is 0 Å². The van der Waals surface area contributed by atoms with Crippen molar-refractivity contribution in [2.24, 2.45) is 5.73 Å². The number of rotatable bonds is 4. The molecule has 1 aliphatic heterocycles. The number of nitrogens with one attached hydrogen (secondary N) is 1. The van der Waals surface area contributed by atoms with Crippen LogP contribution < -0.4 is 11.1 Å². The minimum Gasteiger partial charge on any atom is -0.394 e. The first-order valence-corrected chi connectivity index (χ1v) is 6.18. The molecule has 2 rings (SSSR count). The maximum atomic E-state index is 9.17. The van der Waals surface area contributed by atoms with Gasteiger partial charge in [-0.05, 0) is 11.1 Å². The predicted molar refractivity (Wildman–Crippen MR) is 68.6 cm³/mol. The normalized spacial score (nSPS) is 19.2. The highest BCUT2D eigenvalue weighted by Crippen LogP contribution is 2.17. The monoisotopic (exact) mass is 235 g/mol. The molecule has 1 aromatic rings. The van der Waals surface area contributed by atoms with Crippen molar-refractivity contribution in [3.63, 3.8) is 0 Å². The third kappa shape index (κ3) is 3.26. The SMILES string of the molecule is N[C@@H](CO)c1ccccc1CN1CCNCC1. The maximum Gasteiger partial charge on any atom is 0.0624 e. The highest BCUT2D eigenvalue weighted by atomic mass is 16.3. The summed E-state index contributed by atoms with van der Waals surface area (Å²) in [6, 6.07) is 7.86. The molecular weight excluding hydrogens is 214 g/mol. The molecule has 0 aliphatic carbocycles. The fourth-order valence-corrected chi connectivity index (χ4v) is 2.25. The lowest BCUT2D eigenvalue weighted by Crippen LogP contribution is -2.43. The van der Waals surface area contributed by atoms with Crippen LogP contribution in [0.5, 0.6) is 0 Å². The molecule has 4 N–H and O–H groups in total. The Labute approximate surface area is 102 Å². The molecule has 0 bridgehead atoms. The first-order valence-electron chi connectivity index (χ1n) is 6.18. The van der Waals surface area contributed by atoms with Gasteiger partial charge in [0, 0.05) is 32.7 Å². The third-order valence-corrected chi connectivity index (χ3v) is 3.25. The van der Waals surface area contributed by atoms with Gasteiger partial charge >= 0.3 is 0 Å². The number of benzene rings is 1. The fraction of sp³-hybridized carbons (Fsp3) is 0.538. The molecule has 1 aliphatic rings. The van der Waals surface area contributed by atoms with E-state index in [-0.39, 0.29) is 12.6 Å². The minimum atomic E-state index is -0.269. The minimum absolute atomic E-state index is 0.00142. The lowest BCUT2D eigenvalue weighted by molar-refractivity contribution is 0.230. The summed E-state index contributed by atoms with van der Waals surface area (Å²) in [5.74, 6) is 0. The van der Waals surface area contributed by atoms with Crippen molar-refractivity contribution in [3.05, 3.63) is 35.4 Å². The molecule has 1 fully saturated rings.